The van der Waals surface area contributed by atoms with Crippen LogP contribution >= 0.6 is 0 Å². The van der Waals surface area contributed by atoms with Crippen LogP contribution in [-0.2, 0) is 0 Å². The number of fused-ring (bicyclic) bond motifs is 2. The molecule has 10 heteroatoms. The van der Waals surface area contributed by atoms with Crippen molar-refractivity contribution in [2.45, 2.75) is 32.7 Å². The van der Waals surface area contributed by atoms with Gasteiger partial charge in [0.1, 0.15) is 23.8 Å². The zero-order valence-corrected chi connectivity index (χ0v) is 17.9. The molecular formula is C22H23N9O. The van der Waals surface area contributed by atoms with E-state index in [0.717, 1.165) is 48.2 Å². The molecule has 1 aliphatic heterocycles. The molecule has 32 heavy (non-hydrogen) atoms. The average Bonchev–Trinajstić information content (AvgIpc) is 3.59. The standard InChI is InChI=1S/C22H23N9O/c1-3-17(31-10-14(8-28-31)18-15-4-6-24-19(15)26-13-25-18)22(2)5-7-30(11-22)21-29-16-9-23-12-27-20(16)32-21/h4,6,8-10,12-13,17H,3,5,7,11H2,1-2H3,(H,24,25,26). The Balaban J connectivity index is 1.29. The molecular weight excluding hydrogens is 406 g/mol. The molecule has 0 bridgehead atoms. The maximum atomic E-state index is 5.88. The maximum Gasteiger partial charge on any atom is 0.299 e. The van der Waals surface area contributed by atoms with E-state index in [4.69, 9.17) is 9.52 Å². The van der Waals surface area contributed by atoms with Gasteiger partial charge < -0.3 is 14.3 Å². The van der Waals surface area contributed by atoms with Crippen LogP contribution < -0.4 is 4.90 Å². The van der Waals surface area contributed by atoms with E-state index in [1.807, 2.05) is 18.5 Å². The normalized spacial score (nSPS) is 19.9. The van der Waals surface area contributed by atoms with Crippen LogP contribution in [0.25, 0.3) is 33.5 Å². The molecule has 0 amide bonds. The van der Waals surface area contributed by atoms with Crippen LogP contribution in [0.15, 0.2) is 47.9 Å². The van der Waals surface area contributed by atoms with E-state index >= 15 is 0 Å². The van der Waals surface area contributed by atoms with Crippen molar-refractivity contribution >= 4 is 28.3 Å². The highest BCUT2D eigenvalue weighted by molar-refractivity contribution is 5.89. The molecule has 1 N–H and O–H groups in total. The first-order valence-corrected chi connectivity index (χ1v) is 10.8. The van der Waals surface area contributed by atoms with E-state index in [1.165, 1.54) is 6.33 Å². The minimum Gasteiger partial charge on any atom is -0.404 e. The van der Waals surface area contributed by atoms with E-state index in [1.54, 1.807) is 12.5 Å². The molecule has 10 nitrogen and oxygen atoms in total. The van der Waals surface area contributed by atoms with Gasteiger partial charge >= 0.3 is 0 Å². The fourth-order valence-electron chi connectivity index (χ4n) is 4.97. The number of nitrogens with zero attached hydrogens (tertiary/aromatic N) is 8. The summed E-state index contributed by atoms with van der Waals surface area (Å²) in [6.45, 7) is 6.23. The molecule has 2 atom stereocenters. The highest BCUT2D eigenvalue weighted by Gasteiger charge is 2.42. The number of hydrogen-bond acceptors (Lipinski definition) is 8. The third-order valence-electron chi connectivity index (χ3n) is 6.58. The van der Waals surface area contributed by atoms with Crippen molar-refractivity contribution < 1.29 is 4.42 Å². The van der Waals surface area contributed by atoms with Crippen LogP contribution in [0.5, 0.6) is 0 Å². The largest absolute Gasteiger partial charge is 0.404 e. The van der Waals surface area contributed by atoms with Gasteiger partial charge in [-0.1, -0.05) is 13.8 Å². The molecule has 1 saturated heterocycles. The molecule has 6 heterocycles. The molecule has 1 fully saturated rings. The van der Waals surface area contributed by atoms with Crippen LogP contribution in [0.3, 0.4) is 0 Å². The second-order valence-corrected chi connectivity index (χ2v) is 8.63. The van der Waals surface area contributed by atoms with Gasteiger partial charge in [0.2, 0.25) is 0 Å². The van der Waals surface area contributed by atoms with Gasteiger partial charge in [-0.2, -0.15) is 15.1 Å². The molecule has 162 valence electrons. The lowest BCUT2D eigenvalue weighted by molar-refractivity contribution is 0.195. The lowest BCUT2D eigenvalue weighted by atomic mass is 9.80. The number of hydrogen-bond donors (Lipinski definition) is 1. The quantitative estimate of drug-likeness (QED) is 0.450. The lowest BCUT2D eigenvalue weighted by Crippen LogP contribution is -2.33. The number of aromatic nitrogens is 8. The predicted molar refractivity (Wildman–Crippen MR) is 119 cm³/mol. The van der Waals surface area contributed by atoms with E-state index in [2.05, 4.69) is 59.5 Å². The van der Waals surface area contributed by atoms with Gasteiger partial charge in [0.05, 0.1) is 24.1 Å². The van der Waals surface area contributed by atoms with Crippen LogP contribution in [0.4, 0.5) is 6.01 Å². The second-order valence-electron chi connectivity index (χ2n) is 8.63. The topological polar surface area (TPSA) is 114 Å². The number of oxazole rings is 1. The van der Waals surface area contributed by atoms with Crippen molar-refractivity contribution in [3.05, 3.63) is 43.5 Å². The number of nitrogens with one attached hydrogen (secondary N) is 1. The van der Waals surface area contributed by atoms with Gasteiger partial charge in [0.25, 0.3) is 11.7 Å². The van der Waals surface area contributed by atoms with Crippen LogP contribution in [0, 0.1) is 5.41 Å². The Morgan fingerprint density at radius 1 is 1.22 bits per heavy atom. The maximum absolute atomic E-state index is 5.88. The monoisotopic (exact) mass is 429 g/mol. The fourth-order valence-corrected chi connectivity index (χ4v) is 4.97. The van der Waals surface area contributed by atoms with Gasteiger partial charge in [-0.25, -0.2) is 15.0 Å². The fraction of sp³-hybridized carbons (Fsp3) is 0.364. The zero-order chi connectivity index (χ0) is 21.7. The Labute approximate surface area is 183 Å². The van der Waals surface area contributed by atoms with Crippen molar-refractivity contribution in [2.24, 2.45) is 5.41 Å². The molecule has 5 aromatic heterocycles. The zero-order valence-electron chi connectivity index (χ0n) is 17.9. The van der Waals surface area contributed by atoms with E-state index in [-0.39, 0.29) is 11.5 Å². The van der Waals surface area contributed by atoms with Crippen molar-refractivity contribution in [3.63, 3.8) is 0 Å². The molecule has 0 aromatic carbocycles. The molecule has 0 spiro atoms. The first-order chi connectivity index (χ1) is 15.6. The molecule has 2 unspecified atom stereocenters. The number of rotatable bonds is 5. The summed E-state index contributed by atoms with van der Waals surface area (Å²) in [7, 11) is 0. The summed E-state index contributed by atoms with van der Waals surface area (Å²) in [6, 6.07) is 2.84. The Kier molecular flexibility index (Phi) is 4.20. The minimum absolute atomic E-state index is 0.0133. The first-order valence-electron chi connectivity index (χ1n) is 10.8. The van der Waals surface area contributed by atoms with Crippen LogP contribution in [0.1, 0.15) is 32.7 Å². The van der Waals surface area contributed by atoms with Crippen molar-refractivity contribution in [1.82, 2.24) is 39.7 Å². The third-order valence-corrected chi connectivity index (χ3v) is 6.58. The highest BCUT2D eigenvalue weighted by Crippen LogP contribution is 2.44. The van der Waals surface area contributed by atoms with Crippen LogP contribution in [-0.4, -0.2) is 52.8 Å². The predicted octanol–water partition coefficient (Wildman–Crippen LogP) is 3.62. The van der Waals surface area contributed by atoms with Crippen LogP contribution in [0.2, 0.25) is 0 Å². The Morgan fingerprint density at radius 2 is 2.16 bits per heavy atom. The van der Waals surface area contributed by atoms with Crippen molar-refractivity contribution in [3.8, 4) is 11.3 Å². The first kappa shape index (κ1) is 18.9. The highest BCUT2D eigenvalue weighted by atomic mass is 16.4. The number of H-pyrrole nitrogens is 1. The van der Waals surface area contributed by atoms with Gasteiger partial charge in [0.15, 0.2) is 0 Å². The Hall–Kier alpha value is -3.82. The van der Waals surface area contributed by atoms with Gasteiger partial charge in [-0.05, 0) is 18.9 Å². The van der Waals surface area contributed by atoms with E-state index < -0.39 is 0 Å². The van der Waals surface area contributed by atoms with Crippen molar-refractivity contribution in [1.29, 1.82) is 0 Å². The summed E-state index contributed by atoms with van der Waals surface area (Å²) in [5.41, 5.74) is 3.93. The van der Waals surface area contributed by atoms with Gasteiger partial charge in [0, 0.05) is 41.8 Å². The van der Waals surface area contributed by atoms with Gasteiger partial charge in [-0.3, -0.25) is 4.68 Å². The molecule has 5 aromatic rings. The average molecular weight is 429 g/mol. The molecule has 6 rings (SSSR count). The number of aromatic amines is 1. The summed E-state index contributed by atoms with van der Waals surface area (Å²) in [6.07, 6.45) is 12.6. The third kappa shape index (κ3) is 2.94. The van der Waals surface area contributed by atoms with Crippen molar-refractivity contribution in [2.75, 3.05) is 18.0 Å². The van der Waals surface area contributed by atoms with E-state index in [9.17, 15) is 0 Å². The molecule has 0 saturated carbocycles. The minimum atomic E-state index is 0.0133. The van der Waals surface area contributed by atoms with E-state index in [0.29, 0.717) is 17.2 Å². The lowest BCUT2D eigenvalue weighted by Gasteiger charge is -2.33. The number of anilines is 1. The Morgan fingerprint density at radius 3 is 3.03 bits per heavy atom. The summed E-state index contributed by atoms with van der Waals surface area (Å²) < 4.78 is 7.98. The SMILES string of the molecule is CCC(n1cc(-c2ncnc3[nH]ccc23)cn1)C1(C)CCN(c2nc3cncnc3o2)C1. The summed E-state index contributed by atoms with van der Waals surface area (Å²) in [5.74, 6) is 0. The Bertz CT molecular complexity index is 1370. The summed E-state index contributed by atoms with van der Waals surface area (Å²) >= 11 is 0. The summed E-state index contributed by atoms with van der Waals surface area (Å²) in [4.78, 5) is 26.9. The van der Waals surface area contributed by atoms with Gasteiger partial charge in [-0.15, -0.1) is 0 Å². The molecule has 0 radical (unpaired) electrons. The smallest absolute Gasteiger partial charge is 0.299 e. The molecule has 1 aliphatic rings. The summed E-state index contributed by atoms with van der Waals surface area (Å²) in [5, 5.41) is 5.75. The molecule has 0 aliphatic carbocycles. The second kappa shape index (κ2) is 7.11.